The number of ether oxygens (including phenoxy) is 2. The second kappa shape index (κ2) is 7.54. The number of rotatable bonds is 4. The fraction of sp³-hybridized carbons (Fsp3) is 0.150. The molecular formula is C20H16ClNO4. The third-order valence-corrected chi connectivity index (χ3v) is 3.93. The predicted octanol–water partition coefficient (Wildman–Crippen LogP) is 4.25. The van der Waals surface area contributed by atoms with Gasteiger partial charge in [0.05, 0.1) is 16.5 Å². The van der Waals surface area contributed by atoms with Crippen LogP contribution in [0.15, 0.2) is 59.2 Å². The number of hydrogen-bond acceptors (Lipinski definition) is 5. The first-order chi connectivity index (χ1) is 12.4. The molecule has 3 rings (SSSR count). The van der Waals surface area contributed by atoms with Crippen LogP contribution in [-0.4, -0.2) is 17.8 Å². The maximum atomic E-state index is 12.0. The summed E-state index contributed by atoms with van der Waals surface area (Å²) in [5.41, 5.74) is 1.46. The minimum atomic E-state index is -0.546. The molecule has 1 aliphatic rings. The lowest BCUT2D eigenvalue weighted by molar-refractivity contribution is -0.137. The van der Waals surface area contributed by atoms with Gasteiger partial charge in [-0.25, -0.2) is 9.79 Å². The minimum absolute atomic E-state index is 0.173. The molecule has 0 aliphatic carbocycles. The third kappa shape index (κ3) is 4.00. The molecule has 0 saturated carbocycles. The molecule has 6 heteroatoms. The van der Waals surface area contributed by atoms with Gasteiger partial charge in [-0.05, 0) is 35.9 Å². The van der Waals surface area contributed by atoms with Crippen molar-refractivity contribution in [1.82, 2.24) is 0 Å². The normalized spacial score (nSPS) is 15.2. The van der Waals surface area contributed by atoms with Crippen molar-refractivity contribution >= 4 is 35.5 Å². The van der Waals surface area contributed by atoms with Gasteiger partial charge in [-0.1, -0.05) is 49.7 Å². The third-order valence-electron chi connectivity index (χ3n) is 3.60. The van der Waals surface area contributed by atoms with Crippen molar-refractivity contribution in [2.75, 3.05) is 0 Å². The monoisotopic (exact) mass is 369 g/mol. The van der Waals surface area contributed by atoms with Crippen LogP contribution in [0.1, 0.15) is 25.0 Å². The van der Waals surface area contributed by atoms with Gasteiger partial charge in [0.1, 0.15) is 5.75 Å². The molecule has 26 heavy (non-hydrogen) atoms. The van der Waals surface area contributed by atoms with Crippen LogP contribution in [0, 0.1) is 5.92 Å². The summed E-state index contributed by atoms with van der Waals surface area (Å²) in [5, 5.41) is 0.455. The van der Waals surface area contributed by atoms with E-state index in [9.17, 15) is 9.59 Å². The van der Waals surface area contributed by atoms with Crippen LogP contribution in [0.3, 0.4) is 0 Å². The Morgan fingerprint density at radius 1 is 1.15 bits per heavy atom. The van der Waals surface area contributed by atoms with Crippen molar-refractivity contribution in [3.63, 3.8) is 0 Å². The van der Waals surface area contributed by atoms with Crippen molar-refractivity contribution in [3.05, 3.63) is 70.4 Å². The number of cyclic esters (lactones) is 1. The Morgan fingerprint density at radius 2 is 1.85 bits per heavy atom. The highest BCUT2D eigenvalue weighted by Gasteiger charge is 2.25. The molecule has 1 aliphatic heterocycles. The number of carbonyl (C=O) groups excluding carboxylic acids is 2. The summed E-state index contributed by atoms with van der Waals surface area (Å²) >= 11 is 6.11. The molecule has 2 aromatic carbocycles. The van der Waals surface area contributed by atoms with Gasteiger partial charge in [0.15, 0.2) is 5.70 Å². The number of hydrogen-bond donors (Lipinski definition) is 0. The van der Waals surface area contributed by atoms with E-state index in [-0.39, 0.29) is 23.5 Å². The molecule has 0 radical (unpaired) electrons. The molecule has 0 fully saturated rings. The molecule has 2 aromatic rings. The predicted molar refractivity (Wildman–Crippen MR) is 99.0 cm³/mol. The maximum absolute atomic E-state index is 12.0. The fourth-order valence-corrected chi connectivity index (χ4v) is 2.40. The minimum Gasteiger partial charge on any atom is -0.426 e. The maximum Gasteiger partial charge on any atom is 0.363 e. The van der Waals surface area contributed by atoms with E-state index in [4.69, 9.17) is 21.1 Å². The fourth-order valence-electron chi connectivity index (χ4n) is 2.18. The molecule has 0 bridgehead atoms. The smallest absolute Gasteiger partial charge is 0.363 e. The zero-order valence-corrected chi connectivity index (χ0v) is 15.0. The van der Waals surface area contributed by atoms with Crippen LogP contribution in [0.5, 0.6) is 5.75 Å². The van der Waals surface area contributed by atoms with Gasteiger partial charge in [0.2, 0.25) is 5.90 Å². The lowest BCUT2D eigenvalue weighted by Crippen LogP contribution is -2.14. The average Bonchev–Trinajstić information content (AvgIpc) is 2.97. The van der Waals surface area contributed by atoms with Gasteiger partial charge < -0.3 is 9.47 Å². The van der Waals surface area contributed by atoms with Crippen molar-refractivity contribution in [2.45, 2.75) is 13.8 Å². The highest BCUT2D eigenvalue weighted by molar-refractivity contribution is 6.34. The van der Waals surface area contributed by atoms with Crippen LogP contribution >= 0.6 is 11.6 Å². The zero-order chi connectivity index (χ0) is 18.7. The SMILES string of the molecule is CC(C)C(=O)Oc1ccc(C=C2N=C(c3ccccc3Cl)OC2=O)cc1. The summed E-state index contributed by atoms with van der Waals surface area (Å²) < 4.78 is 10.4. The van der Waals surface area contributed by atoms with Gasteiger partial charge in [0, 0.05) is 0 Å². The number of aliphatic imine (C=N–C) groups is 1. The van der Waals surface area contributed by atoms with E-state index in [1.54, 1.807) is 68.5 Å². The van der Waals surface area contributed by atoms with E-state index in [0.29, 0.717) is 16.3 Å². The van der Waals surface area contributed by atoms with Crippen molar-refractivity contribution < 1.29 is 19.1 Å². The highest BCUT2D eigenvalue weighted by Crippen LogP contribution is 2.24. The molecule has 0 unspecified atom stereocenters. The molecule has 0 atom stereocenters. The Morgan fingerprint density at radius 3 is 2.50 bits per heavy atom. The van der Waals surface area contributed by atoms with Crippen molar-refractivity contribution in [3.8, 4) is 5.75 Å². The summed E-state index contributed by atoms with van der Waals surface area (Å²) in [6.07, 6.45) is 1.60. The van der Waals surface area contributed by atoms with Crippen LogP contribution in [0.4, 0.5) is 0 Å². The van der Waals surface area contributed by atoms with Gasteiger partial charge in [0.25, 0.3) is 0 Å². The van der Waals surface area contributed by atoms with Crippen molar-refractivity contribution in [1.29, 1.82) is 0 Å². The van der Waals surface area contributed by atoms with Crippen molar-refractivity contribution in [2.24, 2.45) is 10.9 Å². The van der Waals surface area contributed by atoms with E-state index in [1.807, 2.05) is 0 Å². The summed E-state index contributed by atoms with van der Waals surface area (Å²) in [6, 6.07) is 13.8. The summed E-state index contributed by atoms with van der Waals surface area (Å²) in [6.45, 7) is 3.53. The van der Waals surface area contributed by atoms with Gasteiger partial charge in [-0.2, -0.15) is 0 Å². The Labute approximate surface area is 155 Å². The molecular weight excluding hydrogens is 354 g/mol. The molecule has 0 saturated heterocycles. The second-order valence-electron chi connectivity index (χ2n) is 5.96. The molecule has 1 heterocycles. The summed E-state index contributed by atoms with van der Waals surface area (Å²) in [7, 11) is 0. The Balaban J connectivity index is 1.80. The van der Waals surface area contributed by atoms with E-state index >= 15 is 0 Å². The largest absolute Gasteiger partial charge is 0.426 e. The summed E-state index contributed by atoms with van der Waals surface area (Å²) in [4.78, 5) is 27.9. The summed E-state index contributed by atoms with van der Waals surface area (Å²) in [5.74, 6) is -0.434. The van der Waals surface area contributed by atoms with Gasteiger partial charge in [-0.15, -0.1) is 0 Å². The molecule has 132 valence electrons. The van der Waals surface area contributed by atoms with Crippen LogP contribution < -0.4 is 4.74 Å². The van der Waals surface area contributed by atoms with Crippen LogP contribution in [0.2, 0.25) is 5.02 Å². The first-order valence-electron chi connectivity index (χ1n) is 8.03. The van der Waals surface area contributed by atoms with E-state index in [0.717, 1.165) is 5.56 Å². The van der Waals surface area contributed by atoms with Gasteiger partial charge >= 0.3 is 11.9 Å². The van der Waals surface area contributed by atoms with Crippen LogP contribution in [-0.2, 0) is 14.3 Å². The van der Waals surface area contributed by atoms with E-state index < -0.39 is 5.97 Å². The van der Waals surface area contributed by atoms with Gasteiger partial charge in [-0.3, -0.25) is 4.79 Å². The standard InChI is InChI=1S/C20H16ClNO4/c1-12(2)19(23)25-14-9-7-13(8-10-14)11-17-20(24)26-18(22-17)15-5-3-4-6-16(15)21/h3-12H,1-2H3. The highest BCUT2D eigenvalue weighted by atomic mass is 35.5. The first kappa shape index (κ1) is 17.9. The van der Waals surface area contributed by atoms with Crippen LogP contribution in [0.25, 0.3) is 6.08 Å². The topological polar surface area (TPSA) is 65.0 Å². The number of nitrogens with zero attached hydrogens (tertiary/aromatic N) is 1. The molecule has 0 aromatic heterocycles. The molecule has 5 nitrogen and oxygen atoms in total. The Kier molecular flexibility index (Phi) is 5.19. The quantitative estimate of drug-likeness (QED) is 0.459. The number of esters is 2. The zero-order valence-electron chi connectivity index (χ0n) is 14.2. The molecule has 0 amide bonds. The number of carbonyl (C=O) groups is 2. The second-order valence-corrected chi connectivity index (χ2v) is 6.37. The molecule has 0 spiro atoms. The lowest BCUT2D eigenvalue weighted by atomic mass is 10.2. The first-order valence-corrected chi connectivity index (χ1v) is 8.41. The Bertz CT molecular complexity index is 914. The average molecular weight is 370 g/mol. The number of benzene rings is 2. The Hall–Kier alpha value is -2.92. The molecule has 0 N–H and O–H groups in total. The van der Waals surface area contributed by atoms with E-state index in [2.05, 4.69) is 4.99 Å². The lowest BCUT2D eigenvalue weighted by Gasteiger charge is -2.06. The van der Waals surface area contributed by atoms with E-state index in [1.165, 1.54) is 0 Å². The number of halogens is 1.